The lowest BCUT2D eigenvalue weighted by molar-refractivity contribution is -0.149. The van der Waals surface area contributed by atoms with Crippen molar-refractivity contribution in [1.29, 1.82) is 0 Å². The van der Waals surface area contributed by atoms with Crippen LogP contribution in [0.4, 0.5) is 0 Å². The highest BCUT2D eigenvalue weighted by Gasteiger charge is 2.19. The van der Waals surface area contributed by atoms with Crippen LogP contribution in [0, 0.1) is 0 Å². The molecule has 76 valence electrons. The van der Waals surface area contributed by atoms with Crippen molar-refractivity contribution < 1.29 is 19.4 Å². The fourth-order valence-electron chi connectivity index (χ4n) is 1.02. The van der Waals surface area contributed by atoms with E-state index in [0.29, 0.717) is 11.4 Å². The number of aromatic nitrogens is 1. The highest BCUT2D eigenvalue weighted by atomic mass is 16.5. The maximum atomic E-state index is 10.7. The van der Waals surface area contributed by atoms with Crippen molar-refractivity contribution in [2.75, 3.05) is 14.2 Å². The molecule has 1 rings (SSSR count). The first-order chi connectivity index (χ1) is 6.69. The molecule has 1 atom stereocenters. The van der Waals surface area contributed by atoms with E-state index in [1.807, 2.05) is 0 Å². The van der Waals surface area contributed by atoms with Gasteiger partial charge in [0.2, 0.25) is 0 Å². The molecule has 0 fully saturated rings. The first kappa shape index (κ1) is 10.5. The van der Waals surface area contributed by atoms with E-state index in [2.05, 4.69) is 4.98 Å². The van der Waals surface area contributed by atoms with Gasteiger partial charge in [-0.2, -0.15) is 0 Å². The maximum Gasteiger partial charge on any atom is 0.339 e. The smallest absolute Gasteiger partial charge is 0.339 e. The summed E-state index contributed by atoms with van der Waals surface area (Å²) >= 11 is 0. The van der Waals surface area contributed by atoms with E-state index in [-0.39, 0.29) is 0 Å². The molecule has 0 aliphatic rings. The number of carbonyl (C=O) groups is 1. The van der Waals surface area contributed by atoms with Gasteiger partial charge in [0.1, 0.15) is 5.75 Å². The molecule has 1 heterocycles. The average Bonchev–Trinajstić information content (AvgIpc) is 2.19. The van der Waals surface area contributed by atoms with E-state index in [9.17, 15) is 4.79 Å². The lowest BCUT2D eigenvalue weighted by atomic mass is 10.2. The molecule has 0 unspecified atom stereocenters. The van der Waals surface area contributed by atoms with Crippen LogP contribution in [0.3, 0.4) is 0 Å². The Bertz CT molecular complexity index is 309. The molecule has 0 aliphatic heterocycles. The molecule has 0 bridgehead atoms. The molecule has 1 aromatic heterocycles. The minimum absolute atomic E-state index is 0.348. The Morgan fingerprint density at radius 1 is 1.50 bits per heavy atom. The van der Waals surface area contributed by atoms with Crippen molar-refractivity contribution in [2.24, 2.45) is 0 Å². The van der Waals surface area contributed by atoms with Gasteiger partial charge in [0.25, 0.3) is 0 Å². The Balaban J connectivity index is 2.89. The van der Waals surface area contributed by atoms with E-state index in [4.69, 9.17) is 14.6 Å². The standard InChI is InChI=1S/C9H11NO4/c1-13-6-3-4-7(10-5-6)8(14-2)9(11)12/h3-5,8H,1-2H3,(H,11,12)/t8-/m0/s1. The Morgan fingerprint density at radius 2 is 2.21 bits per heavy atom. The highest BCUT2D eigenvalue weighted by Crippen LogP contribution is 2.16. The first-order valence-corrected chi connectivity index (χ1v) is 3.94. The lowest BCUT2D eigenvalue weighted by Crippen LogP contribution is -2.14. The van der Waals surface area contributed by atoms with Crippen LogP contribution in [-0.4, -0.2) is 30.3 Å². The minimum Gasteiger partial charge on any atom is -0.495 e. The summed E-state index contributed by atoms with van der Waals surface area (Å²) < 4.78 is 9.66. The van der Waals surface area contributed by atoms with Crippen molar-refractivity contribution in [1.82, 2.24) is 4.98 Å². The summed E-state index contributed by atoms with van der Waals surface area (Å²) in [6.07, 6.45) is 0.422. The van der Waals surface area contributed by atoms with Crippen molar-refractivity contribution in [3.8, 4) is 5.75 Å². The zero-order chi connectivity index (χ0) is 10.6. The molecular formula is C9H11NO4. The molecule has 1 aromatic rings. The second-order valence-corrected chi connectivity index (χ2v) is 2.58. The van der Waals surface area contributed by atoms with Gasteiger partial charge in [0.05, 0.1) is 19.0 Å². The Morgan fingerprint density at radius 3 is 2.57 bits per heavy atom. The van der Waals surface area contributed by atoms with Gasteiger partial charge in [0.15, 0.2) is 6.10 Å². The van der Waals surface area contributed by atoms with E-state index in [0.717, 1.165) is 0 Å². The summed E-state index contributed by atoms with van der Waals surface area (Å²) in [6.45, 7) is 0. The van der Waals surface area contributed by atoms with E-state index >= 15 is 0 Å². The number of rotatable bonds is 4. The van der Waals surface area contributed by atoms with Crippen LogP contribution >= 0.6 is 0 Å². The zero-order valence-corrected chi connectivity index (χ0v) is 7.93. The normalized spacial score (nSPS) is 12.1. The molecular weight excluding hydrogens is 186 g/mol. The Hall–Kier alpha value is -1.62. The van der Waals surface area contributed by atoms with Crippen molar-refractivity contribution in [3.05, 3.63) is 24.0 Å². The van der Waals surface area contributed by atoms with Crippen molar-refractivity contribution >= 4 is 5.97 Å². The monoisotopic (exact) mass is 197 g/mol. The van der Waals surface area contributed by atoms with E-state index < -0.39 is 12.1 Å². The van der Waals surface area contributed by atoms with Crippen molar-refractivity contribution in [3.63, 3.8) is 0 Å². The molecule has 0 aromatic carbocycles. The van der Waals surface area contributed by atoms with Gasteiger partial charge in [-0.05, 0) is 12.1 Å². The third kappa shape index (κ3) is 2.20. The summed E-state index contributed by atoms with van der Waals surface area (Å²) in [6, 6.07) is 3.19. The van der Waals surface area contributed by atoms with Crippen LogP contribution in [0.15, 0.2) is 18.3 Å². The van der Waals surface area contributed by atoms with E-state index in [1.54, 1.807) is 12.1 Å². The fraction of sp³-hybridized carbons (Fsp3) is 0.333. The lowest BCUT2D eigenvalue weighted by Gasteiger charge is -2.09. The number of hydrogen-bond acceptors (Lipinski definition) is 4. The number of carboxylic acid groups (broad SMARTS) is 1. The summed E-state index contributed by atoms with van der Waals surface area (Å²) in [5, 5.41) is 8.76. The summed E-state index contributed by atoms with van der Waals surface area (Å²) in [5.74, 6) is -0.487. The number of pyridine rings is 1. The summed E-state index contributed by atoms with van der Waals surface area (Å²) in [5.41, 5.74) is 0.348. The molecule has 0 saturated carbocycles. The summed E-state index contributed by atoms with van der Waals surface area (Å²) in [7, 11) is 2.84. The topological polar surface area (TPSA) is 68.7 Å². The minimum atomic E-state index is -1.06. The number of hydrogen-bond donors (Lipinski definition) is 1. The second kappa shape index (κ2) is 4.57. The van der Waals surface area contributed by atoms with Gasteiger partial charge >= 0.3 is 5.97 Å². The first-order valence-electron chi connectivity index (χ1n) is 3.94. The molecule has 0 radical (unpaired) electrons. The predicted octanol–water partition coefficient (Wildman–Crippen LogP) is 0.862. The van der Waals surface area contributed by atoms with Crippen LogP contribution in [0.25, 0.3) is 0 Å². The number of carboxylic acids is 1. The fourth-order valence-corrected chi connectivity index (χ4v) is 1.02. The van der Waals surface area contributed by atoms with Gasteiger partial charge in [0, 0.05) is 7.11 Å². The van der Waals surface area contributed by atoms with Crippen LogP contribution in [0.1, 0.15) is 11.8 Å². The van der Waals surface area contributed by atoms with Gasteiger partial charge in [-0.25, -0.2) is 4.79 Å². The van der Waals surface area contributed by atoms with Gasteiger partial charge in [-0.3, -0.25) is 4.98 Å². The summed E-state index contributed by atoms with van der Waals surface area (Å²) in [4.78, 5) is 14.6. The molecule has 0 aliphatic carbocycles. The van der Waals surface area contributed by atoms with Crippen LogP contribution in [0.2, 0.25) is 0 Å². The van der Waals surface area contributed by atoms with Crippen molar-refractivity contribution in [2.45, 2.75) is 6.10 Å². The quantitative estimate of drug-likeness (QED) is 0.775. The largest absolute Gasteiger partial charge is 0.495 e. The number of ether oxygens (including phenoxy) is 2. The molecule has 14 heavy (non-hydrogen) atoms. The Kier molecular flexibility index (Phi) is 3.41. The number of aliphatic carboxylic acids is 1. The van der Waals surface area contributed by atoms with Gasteiger partial charge in [-0.15, -0.1) is 0 Å². The molecule has 0 saturated heterocycles. The van der Waals surface area contributed by atoms with Gasteiger partial charge < -0.3 is 14.6 Å². The molecule has 5 heteroatoms. The molecule has 5 nitrogen and oxygen atoms in total. The SMILES string of the molecule is COc1ccc([C@H](OC)C(=O)O)nc1. The highest BCUT2D eigenvalue weighted by molar-refractivity contribution is 5.73. The number of methoxy groups -OCH3 is 2. The van der Waals surface area contributed by atoms with Crippen LogP contribution < -0.4 is 4.74 Å². The maximum absolute atomic E-state index is 10.7. The van der Waals surface area contributed by atoms with Crippen LogP contribution in [-0.2, 0) is 9.53 Å². The van der Waals surface area contributed by atoms with E-state index in [1.165, 1.54) is 20.4 Å². The van der Waals surface area contributed by atoms with Gasteiger partial charge in [-0.1, -0.05) is 0 Å². The zero-order valence-electron chi connectivity index (χ0n) is 7.93. The predicted molar refractivity (Wildman–Crippen MR) is 48.2 cm³/mol. The Labute approximate surface area is 81.3 Å². The van der Waals surface area contributed by atoms with Crippen LogP contribution in [0.5, 0.6) is 5.75 Å². The second-order valence-electron chi connectivity index (χ2n) is 2.58. The molecule has 0 amide bonds. The average molecular weight is 197 g/mol. The third-order valence-corrected chi connectivity index (χ3v) is 1.72. The molecule has 1 N–H and O–H groups in total. The number of nitrogens with zero attached hydrogens (tertiary/aromatic N) is 1. The third-order valence-electron chi connectivity index (χ3n) is 1.72. The molecule has 0 spiro atoms.